The van der Waals surface area contributed by atoms with E-state index in [9.17, 15) is 5.11 Å². The lowest BCUT2D eigenvalue weighted by Crippen LogP contribution is -2.24. The third-order valence-corrected chi connectivity index (χ3v) is 6.12. The molecule has 180 valence electrons. The molecule has 0 radical (unpaired) electrons. The van der Waals surface area contributed by atoms with Crippen LogP contribution in [0.2, 0.25) is 0 Å². The van der Waals surface area contributed by atoms with Gasteiger partial charge in [0.15, 0.2) is 5.82 Å². The fraction of sp³-hybridized carbons (Fsp3) is 0.393. The summed E-state index contributed by atoms with van der Waals surface area (Å²) in [7, 11) is 5.76. The first-order chi connectivity index (χ1) is 16.4. The highest BCUT2D eigenvalue weighted by molar-refractivity contribution is 6.11. The van der Waals surface area contributed by atoms with Gasteiger partial charge in [-0.25, -0.2) is 9.97 Å². The Balaban J connectivity index is 1.95. The average Bonchev–Trinajstić information content (AvgIpc) is 2.85. The van der Waals surface area contributed by atoms with Crippen molar-refractivity contribution in [1.82, 2.24) is 14.9 Å². The highest BCUT2D eigenvalue weighted by Crippen LogP contribution is 2.29. The molecule has 0 amide bonds. The van der Waals surface area contributed by atoms with E-state index in [0.29, 0.717) is 11.7 Å². The predicted molar refractivity (Wildman–Crippen MR) is 144 cm³/mol. The van der Waals surface area contributed by atoms with E-state index in [0.717, 1.165) is 65.9 Å². The summed E-state index contributed by atoms with van der Waals surface area (Å²) in [6.45, 7) is 6.78. The maximum absolute atomic E-state index is 9.83. The van der Waals surface area contributed by atoms with E-state index in [1.807, 2.05) is 68.8 Å². The van der Waals surface area contributed by atoms with Gasteiger partial charge >= 0.3 is 0 Å². The number of aliphatic imine (C=N–C) groups is 1. The Morgan fingerprint density at radius 2 is 2.00 bits per heavy atom. The Morgan fingerprint density at radius 3 is 2.65 bits per heavy atom. The number of aliphatic hydroxyl groups excluding tert-OH is 1. The minimum Gasteiger partial charge on any atom is -0.393 e. The molecule has 6 heteroatoms. The largest absolute Gasteiger partial charge is 0.393 e. The van der Waals surface area contributed by atoms with Gasteiger partial charge in [0, 0.05) is 63.0 Å². The van der Waals surface area contributed by atoms with Gasteiger partial charge < -0.3 is 15.3 Å². The number of rotatable bonds is 9. The van der Waals surface area contributed by atoms with Crippen molar-refractivity contribution in [3.8, 4) is 11.4 Å². The van der Waals surface area contributed by atoms with Crippen molar-refractivity contribution < 1.29 is 5.11 Å². The van der Waals surface area contributed by atoms with Crippen LogP contribution in [-0.4, -0.2) is 60.0 Å². The van der Waals surface area contributed by atoms with E-state index in [-0.39, 0.29) is 6.10 Å². The zero-order valence-corrected chi connectivity index (χ0v) is 20.8. The standard InChI is InChI=1S/C28H37N5O/c1-6-21(17-29-3)26-18-31-27(32-28(26)30-16-20-11-13-25(34)14-12-20)24-10-8-9-23(15-24)22(7-2)19-33(4)5/h6-10,15,17-20,25,34H,2,11-14,16H2,1,3-5H3,(H,30,31,32)/b21-6+,22-19+,29-17-. The fourth-order valence-corrected chi connectivity index (χ4v) is 4.26. The number of nitrogens with zero attached hydrogens (tertiary/aromatic N) is 4. The molecule has 0 unspecified atom stereocenters. The zero-order chi connectivity index (χ0) is 24.5. The minimum absolute atomic E-state index is 0.151. The van der Waals surface area contributed by atoms with E-state index in [2.05, 4.69) is 29.0 Å². The van der Waals surface area contributed by atoms with Crippen LogP contribution in [0.3, 0.4) is 0 Å². The summed E-state index contributed by atoms with van der Waals surface area (Å²) < 4.78 is 0. The van der Waals surface area contributed by atoms with Crippen LogP contribution in [0.5, 0.6) is 0 Å². The first-order valence-electron chi connectivity index (χ1n) is 11.9. The quantitative estimate of drug-likeness (QED) is 0.393. The van der Waals surface area contributed by atoms with Crippen LogP contribution in [0, 0.1) is 5.92 Å². The molecule has 1 aromatic carbocycles. The average molecular weight is 460 g/mol. The minimum atomic E-state index is -0.151. The molecule has 0 bridgehead atoms. The third kappa shape index (κ3) is 6.64. The smallest absolute Gasteiger partial charge is 0.161 e. The van der Waals surface area contributed by atoms with Crippen molar-refractivity contribution in [2.24, 2.45) is 10.9 Å². The van der Waals surface area contributed by atoms with Crippen molar-refractivity contribution in [1.29, 1.82) is 0 Å². The summed E-state index contributed by atoms with van der Waals surface area (Å²) in [5, 5.41) is 13.4. The SMILES string of the molecule is C=C/C(=C\N(C)C)c1cccc(-c2ncc(C(/C=N\C)=C/C)c(NCC3CCC(O)CC3)n2)c1. The molecule has 1 saturated carbocycles. The second-order valence-corrected chi connectivity index (χ2v) is 8.98. The van der Waals surface area contributed by atoms with E-state index < -0.39 is 0 Å². The summed E-state index contributed by atoms with van der Waals surface area (Å²) in [5.41, 5.74) is 4.97. The summed E-state index contributed by atoms with van der Waals surface area (Å²) in [6, 6.07) is 8.23. The van der Waals surface area contributed by atoms with Gasteiger partial charge in [0.2, 0.25) is 0 Å². The van der Waals surface area contributed by atoms with Crippen LogP contribution >= 0.6 is 0 Å². The summed E-state index contributed by atoms with van der Waals surface area (Å²) in [4.78, 5) is 15.9. The first kappa shape index (κ1) is 25.4. The molecule has 1 fully saturated rings. The van der Waals surface area contributed by atoms with Gasteiger partial charge in [-0.3, -0.25) is 4.99 Å². The van der Waals surface area contributed by atoms with Crippen molar-refractivity contribution in [2.75, 3.05) is 33.0 Å². The topological polar surface area (TPSA) is 73.6 Å². The summed E-state index contributed by atoms with van der Waals surface area (Å²) >= 11 is 0. The molecule has 0 saturated heterocycles. The van der Waals surface area contributed by atoms with Crippen LogP contribution in [0.4, 0.5) is 5.82 Å². The molecule has 1 aliphatic rings. The Morgan fingerprint density at radius 1 is 1.24 bits per heavy atom. The normalized spacial score (nSPS) is 19.3. The van der Waals surface area contributed by atoms with Gasteiger partial charge in [-0.15, -0.1) is 0 Å². The molecular weight excluding hydrogens is 422 g/mol. The molecule has 1 heterocycles. The Bertz CT molecular complexity index is 1060. The number of allylic oxidation sites excluding steroid dienone is 4. The Kier molecular flexibility index (Phi) is 9.16. The number of hydrogen-bond donors (Lipinski definition) is 2. The molecule has 1 aliphatic carbocycles. The second kappa shape index (κ2) is 12.3. The van der Waals surface area contributed by atoms with Crippen LogP contribution in [0.1, 0.15) is 43.7 Å². The maximum Gasteiger partial charge on any atom is 0.161 e. The van der Waals surface area contributed by atoms with Gasteiger partial charge in [-0.1, -0.05) is 36.9 Å². The molecule has 6 nitrogen and oxygen atoms in total. The highest BCUT2D eigenvalue weighted by Gasteiger charge is 2.20. The van der Waals surface area contributed by atoms with Crippen LogP contribution < -0.4 is 5.32 Å². The van der Waals surface area contributed by atoms with Crippen LogP contribution in [-0.2, 0) is 0 Å². The van der Waals surface area contributed by atoms with Crippen LogP contribution in [0.25, 0.3) is 22.5 Å². The molecule has 0 spiro atoms. The van der Waals surface area contributed by atoms with Crippen LogP contribution in [0.15, 0.2) is 60.4 Å². The van der Waals surface area contributed by atoms with Gasteiger partial charge in [0.05, 0.1) is 6.10 Å². The highest BCUT2D eigenvalue weighted by atomic mass is 16.3. The van der Waals surface area contributed by atoms with Crippen molar-refractivity contribution in [3.63, 3.8) is 0 Å². The van der Waals surface area contributed by atoms with E-state index in [1.54, 1.807) is 7.05 Å². The molecule has 2 aromatic rings. The molecule has 0 atom stereocenters. The van der Waals surface area contributed by atoms with E-state index in [1.165, 1.54) is 0 Å². The van der Waals surface area contributed by atoms with Gasteiger partial charge in [0.25, 0.3) is 0 Å². The lowest BCUT2D eigenvalue weighted by Gasteiger charge is -2.26. The molecule has 1 aromatic heterocycles. The van der Waals surface area contributed by atoms with Crippen molar-refractivity contribution in [2.45, 2.75) is 38.7 Å². The third-order valence-electron chi connectivity index (χ3n) is 6.12. The monoisotopic (exact) mass is 459 g/mol. The lowest BCUT2D eigenvalue weighted by molar-refractivity contribution is 0.111. The van der Waals surface area contributed by atoms with Crippen molar-refractivity contribution >= 4 is 23.2 Å². The molecule has 34 heavy (non-hydrogen) atoms. The number of nitrogens with one attached hydrogen (secondary N) is 1. The second-order valence-electron chi connectivity index (χ2n) is 8.98. The number of aromatic nitrogens is 2. The zero-order valence-electron chi connectivity index (χ0n) is 20.8. The number of hydrogen-bond acceptors (Lipinski definition) is 6. The number of benzene rings is 1. The number of aliphatic hydroxyl groups is 1. The maximum atomic E-state index is 9.83. The summed E-state index contributed by atoms with van der Waals surface area (Å²) in [6.07, 6.45) is 13.3. The first-order valence-corrected chi connectivity index (χ1v) is 11.9. The summed E-state index contributed by atoms with van der Waals surface area (Å²) in [5.74, 6) is 2.00. The lowest BCUT2D eigenvalue weighted by atomic mass is 9.87. The van der Waals surface area contributed by atoms with Gasteiger partial charge in [-0.05, 0) is 55.7 Å². The molecular formula is C28H37N5O. The Hall–Kier alpha value is -3.25. The van der Waals surface area contributed by atoms with E-state index >= 15 is 0 Å². The van der Waals surface area contributed by atoms with Gasteiger partial charge in [0.1, 0.15) is 5.82 Å². The predicted octanol–water partition coefficient (Wildman–Crippen LogP) is 5.30. The van der Waals surface area contributed by atoms with Crippen molar-refractivity contribution in [3.05, 3.63) is 66.5 Å². The fourth-order valence-electron chi connectivity index (χ4n) is 4.26. The number of anilines is 1. The van der Waals surface area contributed by atoms with Gasteiger partial charge in [-0.2, -0.15) is 0 Å². The molecule has 2 N–H and O–H groups in total. The molecule has 0 aliphatic heterocycles. The molecule has 3 rings (SSSR count). The van der Waals surface area contributed by atoms with E-state index in [4.69, 9.17) is 9.97 Å². The Labute approximate surface area is 203 Å².